The minimum Gasteiger partial charge on any atom is -0.493 e. The minimum absolute atomic E-state index is 0.0200. The molecule has 156 valence electrons. The van der Waals surface area contributed by atoms with Crippen molar-refractivity contribution in [3.8, 4) is 34.5 Å². The number of methoxy groups -OCH3 is 4. The smallest absolute Gasteiger partial charge is 0.493 e. The van der Waals surface area contributed by atoms with Crippen LogP contribution < -0.4 is 28.0 Å². The highest BCUT2D eigenvalue weighted by Crippen LogP contribution is 2.57. The van der Waals surface area contributed by atoms with Crippen LogP contribution in [0.15, 0.2) is 61.4 Å². The maximum absolute atomic E-state index is 13.6. The van der Waals surface area contributed by atoms with Gasteiger partial charge in [-0.15, -0.1) is 0 Å². The molecule has 0 fully saturated rings. The highest BCUT2D eigenvalue weighted by Gasteiger charge is 2.37. The van der Waals surface area contributed by atoms with Crippen LogP contribution in [0.5, 0.6) is 34.5 Å². The molecule has 0 N–H and O–H groups in total. The molecule has 2 aromatic carbocycles. The second kappa shape index (κ2) is 9.80. The Kier molecular flexibility index (Phi) is 7.45. The average molecular weight is 422 g/mol. The molecule has 0 aliphatic rings. The van der Waals surface area contributed by atoms with Gasteiger partial charge in [0.25, 0.3) is 0 Å². The molecule has 0 aliphatic carbocycles. The van der Waals surface area contributed by atoms with Crippen LogP contribution in [0.2, 0.25) is 0 Å². The quantitative estimate of drug-likeness (QED) is 0.284. The Labute approximate surface area is 169 Å². The fourth-order valence-corrected chi connectivity index (χ4v) is 3.56. The van der Waals surface area contributed by atoms with Crippen molar-refractivity contribution in [3.63, 3.8) is 0 Å². The topological polar surface area (TPSA) is 81.7 Å². The summed E-state index contributed by atoms with van der Waals surface area (Å²) in [6, 6.07) is 9.79. The summed E-state index contributed by atoms with van der Waals surface area (Å²) in [5, 5.41) is 0. The van der Waals surface area contributed by atoms with Crippen molar-refractivity contribution in [2.75, 3.05) is 28.4 Å². The standard InChI is InChI=1S/C20H23O8P/c1-7-14(2)26-29(21,27-19-15(22-3)10-8-11-16(19)23-4)28-20-17(24-5)12-9-13-18(20)25-6/h7-13H,1-2H2,3-6H3. The molecular formula is C20H23O8P. The zero-order chi connectivity index (χ0) is 21.4. The van der Waals surface area contributed by atoms with E-state index in [9.17, 15) is 4.57 Å². The summed E-state index contributed by atoms with van der Waals surface area (Å²) < 4.78 is 51.4. The molecule has 2 aromatic rings. The highest BCUT2D eigenvalue weighted by molar-refractivity contribution is 7.49. The second-order valence-corrected chi connectivity index (χ2v) is 6.82. The van der Waals surface area contributed by atoms with Crippen LogP contribution >= 0.6 is 7.82 Å². The molecule has 9 heteroatoms. The van der Waals surface area contributed by atoms with E-state index in [1.807, 2.05) is 0 Å². The minimum atomic E-state index is -4.39. The normalized spacial score (nSPS) is 10.5. The predicted octanol–water partition coefficient (Wildman–Crippen LogP) is 5.00. The summed E-state index contributed by atoms with van der Waals surface area (Å²) in [5.74, 6) is 1.04. The van der Waals surface area contributed by atoms with Crippen molar-refractivity contribution >= 4 is 7.82 Å². The van der Waals surface area contributed by atoms with Crippen molar-refractivity contribution < 1.29 is 37.1 Å². The summed E-state index contributed by atoms with van der Waals surface area (Å²) in [6.45, 7) is 7.15. The Morgan fingerprint density at radius 1 is 0.793 bits per heavy atom. The summed E-state index contributed by atoms with van der Waals surface area (Å²) in [4.78, 5) is 0. The van der Waals surface area contributed by atoms with Crippen molar-refractivity contribution in [1.29, 1.82) is 0 Å². The first-order valence-corrected chi connectivity index (χ1v) is 9.79. The summed E-state index contributed by atoms with van der Waals surface area (Å²) >= 11 is 0. The van der Waals surface area contributed by atoms with E-state index in [1.54, 1.807) is 36.4 Å². The fraction of sp³-hybridized carbons (Fsp3) is 0.200. The first-order valence-electron chi connectivity index (χ1n) is 8.33. The Bertz CT molecular complexity index is 819. The van der Waals surface area contributed by atoms with Crippen LogP contribution in [0.1, 0.15) is 0 Å². The van der Waals surface area contributed by atoms with Crippen LogP contribution in [0, 0.1) is 0 Å². The molecule has 0 spiro atoms. The summed E-state index contributed by atoms with van der Waals surface area (Å²) in [6.07, 6.45) is 1.26. The van der Waals surface area contributed by atoms with E-state index in [2.05, 4.69) is 13.2 Å². The van der Waals surface area contributed by atoms with E-state index in [1.165, 1.54) is 34.5 Å². The maximum Gasteiger partial charge on any atom is 0.647 e. The van der Waals surface area contributed by atoms with Gasteiger partial charge in [0.2, 0.25) is 11.5 Å². The number of ether oxygens (including phenoxy) is 4. The molecule has 0 bridgehead atoms. The van der Waals surface area contributed by atoms with Gasteiger partial charge in [0, 0.05) is 0 Å². The zero-order valence-electron chi connectivity index (χ0n) is 16.7. The monoisotopic (exact) mass is 422 g/mol. The third-order valence-corrected chi connectivity index (χ3v) is 4.90. The fourth-order valence-electron chi connectivity index (χ4n) is 2.27. The van der Waals surface area contributed by atoms with Gasteiger partial charge >= 0.3 is 7.82 Å². The first-order chi connectivity index (χ1) is 13.9. The zero-order valence-corrected chi connectivity index (χ0v) is 17.6. The molecule has 0 saturated heterocycles. The molecule has 29 heavy (non-hydrogen) atoms. The Hall–Kier alpha value is -3.25. The van der Waals surface area contributed by atoms with Crippen molar-refractivity contribution in [2.24, 2.45) is 0 Å². The van der Waals surface area contributed by atoms with Gasteiger partial charge in [0.1, 0.15) is 5.76 Å². The van der Waals surface area contributed by atoms with Gasteiger partial charge in [-0.1, -0.05) is 25.3 Å². The Morgan fingerprint density at radius 3 is 1.41 bits per heavy atom. The molecule has 0 atom stereocenters. The Morgan fingerprint density at radius 2 is 1.14 bits per heavy atom. The molecule has 0 amide bonds. The van der Waals surface area contributed by atoms with Crippen LogP contribution in [0.25, 0.3) is 0 Å². The lowest BCUT2D eigenvalue weighted by atomic mass is 10.3. The van der Waals surface area contributed by atoms with Gasteiger partial charge in [-0.3, -0.25) is 0 Å². The predicted molar refractivity (Wildman–Crippen MR) is 108 cm³/mol. The van der Waals surface area contributed by atoms with Crippen molar-refractivity contribution in [2.45, 2.75) is 0 Å². The van der Waals surface area contributed by atoms with E-state index < -0.39 is 7.82 Å². The number of rotatable bonds is 11. The third kappa shape index (κ3) is 5.18. The lowest BCUT2D eigenvalue weighted by Crippen LogP contribution is -2.07. The molecule has 0 heterocycles. The number of hydrogen-bond donors (Lipinski definition) is 0. The summed E-state index contributed by atoms with van der Waals surface area (Å²) in [5.41, 5.74) is 0. The Balaban J connectivity index is 2.56. The van der Waals surface area contributed by atoms with Crippen LogP contribution in [-0.4, -0.2) is 28.4 Å². The molecule has 8 nitrogen and oxygen atoms in total. The molecule has 0 unspecified atom stereocenters. The largest absolute Gasteiger partial charge is 0.647 e. The third-order valence-electron chi connectivity index (χ3n) is 3.63. The van der Waals surface area contributed by atoms with E-state index in [0.717, 1.165) is 0 Å². The number of phosphoric ester groups is 1. The van der Waals surface area contributed by atoms with Gasteiger partial charge in [-0.2, -0.15) is 4.57 Å². The van der Waals surface area contributed by atoms with Crippen molar-refractivity contribution in [1.82, 2.24) is 0 Å². The highest BCUT2D eigenvalue weighted by atomic mass is 31.2. The van der Waals surface area contributed by atoms with Gasteiger partial charge in [-0.25, -0.2) is 0 Å². The summed E-state index contributed by atoms with van der Waals surface area (Å²) in [7, 11) is 1.34. The van der Waals surface area contributed by atoms with Gasteiger partial charge in [0.05, 0.1) is 28.4 Å². The van der Waals surface area contributed by atoms with E-state index in [-0.39, 0.29) is 40.3 Å². The lowest BCUT2D eigenvalue weighted by molar-refractivity contribution is 0.244. The molecule has 0 aromatic heterocycles. The average Bonchev–Trinajstić information content (AvgIpc) is 2.73. The van der Waals surface area contributed by atoms with Gasteiger partial charge in [-0.05, 0) is 30.3 Å². The number of allylic oxidation sites excluding steroid dienone is 1. The van der Waals surface area contributed by atoms with Crippen LogP contribution in [0.4, 0.5) is 0 Å². The van der Waals surface area contributed by atoms with E-state index >= 15 is 0 Å². The number of benzene rings is 2. The molecular weight excluding hydrogens is 399 g/mol. The SMILES string of the molecule is C=CC(=C)OP(=O)(Oc1c(OC)cccc1OC)Oc1c(OC)cccc1OC. The molecule has 2 rings (SSSR count). The van der Waals surface area contributed by atoms with E-state index in [0.29, 0.717) is 0 Å². The van der Waals surface area contributed by atoms with Crippen LogP contribution in [-0.2, 0) is 9.09 Å². The van der Waals surface area contributed by atoms with E-state index in [4.69, 9.17) is 32.5 Å². The lowest BCUT2D eigenvalue weighted by Gasteiger charge is -2.23. The molecule has 0 aliphatic heterocycles. The molecule has 0 radical (unpaired) electrons. The number of para-hydroxylation sites is 2. The van der Waals surface area contributed by atoms with Crippen LogP contribution in [0.3, 0.4) is 0 Å². The maximum atomic E-state index is 13.6. The second-order valence-electron chi connectivity index (χ2n) is 5.37. The number of hydrogen-bond acceptors (Lipinski definition) is 8. The van der Waals surface area contributed by atoms with Gasteiger partial charge in [0.15, 0.2) is 23.0 Å². The van der Waals surface area contributed by atoms with Gasteiger partial charge < -0.3 is 32.5 Å². The molecule has 0 saturated carbocycles. The van der Waals surface area contributed by atoms with Crippen molar-refractivity contribution in [3.05, 3.63) is 61.4 Å². The first kappa shape index (κ1) is 22.0. The number of phosphoric acid groups is 1.